The molecule has 10 heteroatoms. The predicted octanol–water partition coefficient (Wildman–Crippen LogP) is 2.61. The van der Waals surface area contributed by atoms with Crippen molar-refractivity contribution in [2.45, 2.75) is 0 Å². The number of nitro groups is 1. The van der Waals surface area contributed by atoms with E-state index in [1.165, 1.54) is 0 Å². The van der Waals surface area contributed by atoms with Gasteiger partial charge < -0.3 is 4.74 Å². The third-order valence-electron chi connectivity index (χ3n) is 2.35. The van der Waals surface area contributed by atoms with Gasteiger partial charge in [-0.2, -0.15) is 0 Å². The van der Waals surface area contributed by atoms with Crippen molar-refractivity contribution in [2.75, 3.05) is 11.9 Å². The summed E-state index contributed by atoms with van der Waals surface area (Å²) in [5.74, 6) is -1.29. The van der Waals surface area contributed by atoms with Crippen molar-refractivity contribution < 1.29 is 19.2 Å². The van der Waals surface area contributed by atoms with Gasteiger partial charge in [0.05, 0.1) is 10.5 Å². The Morgan fingerprint density at radius 3 is 2.77 bits per heavy atom. The number of hydrogen-bond donors (Lipinski definition) is 1. The molecule has 114 valence electrons. The number of ether oxygens (including phenoxy) is 1. The fourth-order valence-electron chi connectivity index (χ4n) is 1.40. The van der Waals surface area contributed by atoms with Crippen LogP contribution in [0.4, 0.5) is 10.1 Å². The molecule has 8 nitrogen and oxygen atoms in total. The fraction of sp³-hybridized carbons (Fsp3) is 0.0833. The smallest absolute Gasteiger partial charge is 0.345 e. The van der Waals surface area contributed by atoms with Crippen molar-refractivity contribution in [3.8, 4) is 0 Å². The minimum Gasteiger partial charge on any atom is -0.452 e. The summed E-state index contributed by atoms with van der Waals surface area (Å²) in [7, 11) is 0. The number of nitrogens with zero attached hydrogens (tertiary/aromatic N) is 2. The van der Waals surface area contributed by atoms with E-state index in [0.717, 1.165) is 6.20 Å². The minimum atomic E-state index is -0.659. The summed E-state index contributed by atoms with van der Waals surface area (Å²) >= 11 is 3.91. The second-order valence-corrected chi connectivity index (χ2v) is 5.73. The maximum atomic E-state index is 11.8. The van der Waals surface area contributed by atoms with Gasteiger partial charge in [-0.3, -0.25) is 20.2 Å². The van der Waals surface area contributed by atoms with E-state index in [2.05, 4.69) is 26.2 Å². The molecule has 0 unspecified atom stereocenters. The van der Waals surface area contributed by atoms with Gasteiger partial charge in [0.25, 0.3) is 5.91 Å². The predicted molar refractivity (Wildman–Crippen MR) is 81.8 cm³/mol. The molecule has 2 rings (SSSR count). The van der Waals surface area contributed by atoms with E-state index in [4.69, 9.17) is 4.74 Å². The summed E-state index contributed by atoms with van der Waals surface area (Å²) in [5, 5.41) is 12.7. The molecule has 1 aromatic heterocycles. The van der Waals surface area contributed by atoms with Crippen LogP contribution >= 0.6 is 27.3 Å². The molecule has 0 radical (unpaired) electrons. The van der Waals surface area contributed by atoms with Crippen LogP contribution in [0.5, 0.6) is 0 Å². The van der Waals surface area contributed by atoms with Gasteiger partial charge >= 0.3 is 11.0 Å². The van der Waals surface area contributed by atoms with E-state index in [1.807, 2.05) is 0 Å². The van der Waals surface area contributed by atoms with Gasteiger partial charge in [0, 0.05) is 4.47 Å². The Hall–Kier alpha value is -2.33. The molecule has 0 bridgehead atoms. The van der Waals surface area contributed by atoms with E-state index < -0.39 is 23.4 Å². The Balaban J connectivity index is 1.88. The number of carbonyl (C=O) groups is 2. The summed E-state index contributed by atoms with van der Waals surface area (Å²) in [4.78, 5) is 36.9. The molecule has 1 aromatic carbocycles. The number of rotatable bonds is 5. The van der Waals surface area contributed by atoms with Crippen molar-refractivity contribution in [3.63, 3.8) is 0 Å². The van der Waals surface area contributed by atoms with Crippen LogP contribution in [0.15, 0.2) is 34.9 Å². The lowest BCUT2D eigenvalue weighted by atomic mass is 10.2. The van der Waals surface area contributed by atoms with Gasteiger partial charge in [0.1, 0.15) is 6.20 Å². The van der Waals surface area contributed by atoms with Gasteiger partial charge in [-0.1, -0.05) is 12.1 Å². The number of nitrogens with one attached hydrogen (secondary N) is 1. The normalized spacial score (nSPS) is 10.0. The maximum absolute atomic E-state index is 11.8. The molecule has 0 atom stereocenters. The average Bonchev–Trinajstić information content (AvgIpc) is 2.94. The standard InChI is InChI=1S/C12H8BrN3O5S/c13-8-4-2-1-3-7(8)11(18)21-6-9(17)15-12-14-5-10(22-12)16(19)20/h1-5H,6H2,(H,14,15,17). The third kappa shape index (κ3) is 4.09. The highest BCUT2D eigenvalue weighted by Crippen LogP contribution is 2.24. The lowest BCUT2D eigenvalue weighted by Crippen LogP contribution is -2.20. The van der Waals surface area contributed by atoms with Gasteiger partial charge in [-0.15, -0.1) is 0 Å². The third-order valence-corrected chi connectivity index (χ3v) is 3.90. The van der Waals surface area contributed by atoms with Crippen LogP contribution in [0.25, 0.3) is 0 Å². The van der Waals surface area contributed by atoms with Gasteiger partial charge in [-0.05, 0) is 39.4 Å². The fourth-order valence-corrected chi connectivity index (χ4v) is 2.49. The Morgan fingerprint density at radius 1 is 1.41 bits per heavy atom. The highest BCUT2D eigenvalue weighted by molar-refractivity contribution is 9.10. The zero-order chi connectivity index (χ0) is 16.1. The van der Waals surface area contributed by atoms with Crippen LogP contribution in [0.2, 0.25) is 0 Å². The Labute approximate surface area is 136 Å². The lowest BCUT2D eigenvalue weighted by molar-refractivity contribution is -0.380. The SMILES string of the molecule is O=C(COC(=O)c1ccccc1Br)Nc1ncc([N+](=O)[O-])s1. The maximum Gasteiger partial charge on any atom is 0.345 e. The van der Waals surface area contributed by atoms with Crippen LogP contribution in [0.1, 0.15) is 10.4 Å². The largest absolute Gasteiger partial charge is 0.452 e. The molecule has 22 heavy (non-hydrogen) atoms. The van der Waals surface area contributed by atoms with Crippen LogP contribution < -0.4 is 5.32 Å². The number of hydrogen-bond acceptors (Lipinski definition) is 7. The van der Waals surface area contributed by atoms with E-state index in [1.54, 1.807) is 24.3 Å². The monoisotopic (exact) mass is 385 g/mol. The Morgan fingerprint density at radius 2 is 2.14 bits per heavy atom. The second kappa shape index (κ2) is 7.09. The number of benzene rings is 1. The molecule has 0 fully saturated rings. The first kappa shape index (κ1) is 16.0. The number of aromatic nitrogens is 1. The first-order valence-corrected chi connectivity index (χ1v) is 7.40. The molecular weight excluding hydrogens is 378 g/mol. The van der Waals surface area contributed by atoms with E-state index in [-0.39, 0.29) is 10.1 Å². The number of esters is 1. The van der Waals surface area contributed by atoms with Crippen LogP contribution in [0.3, 0.4) is 0 Å². The second-order valence-electron chi connectivity index (χ2n) is 3.86. The summed E-state index contributed by atoms with van der Waals surface area (Å²) < 4.78 is 5.41. The zero-order valence-electron chi connectivity index (χ0n) is 10.8. The van der Waals surface area contributed by atoms with E-state index in [9.17, 15) is 19.7 Å². The summed E-state index contributed by atoms with van der Waals surface area (Å²) in [6.45, 7) is -0.520. The topological polar surface area (TPSA) is 111 Å². The molecular formula is C12H8BrN3O5S. The molecule has 1 heterocycles. The average molecular weight is 386 g/mol. The van der Waals surface area contributed by atoms with Crippen molar-refractivity contribution in [2.24, 2.45) is 0 Å². The van der Waals surface area contributed by atoms with E-state index >= 15 is 0 Å². The Bertz CT molecular complexity index is 733. The molecule has 0 aliphatic carbocycles. The number of thiazole rings is 1. The molecule has 0 spiro atoms. The molecule has 1 amide bonds. The summed E-state index contributed by atoms with van der Waals surface area (Å²) in [5.41, 5.74) is 0.292. The van der Waals surface area contributed by atoms with Crippen molar-refractivity contribution in [1.29, 1.82) is 0 Å². The zero-order valence-corrected chi connectivity index (χ0v) is 13.2. The highest BCUT2D eigenvalue weighted by atomic mass is 79.9. The summed E-state index contributed by atoms with van der Waals surface area (Å²) in [6.07, 6.45) is 1.04. The summed E-state index contributed by atoms with van der Waals surface area (Å²) in [6, 6.07) is 6.62. The van der Waals surface area contributed by atoms with Crippen LogP contribution in [-0.4, -0.2) is 28.4 Å². The quantitative estimate of drug-likeness (QED) is 0.480. The molecule has 0 aliphatic heterocycles. The van der Waals surface area contributed by atoms with E-state index in [0.29, 0.717) is 21.4 Å². The number of amides is 1. The van der Waals surface area contributed by atoms with Gasteiger partial charge in [-0.25, -0.2) is 9.78 Å². The Kier molecular flexibility index (Phi) is 5.17. The molecule has 0 saturated carbocycles. The molecule has 0 aliphatic rings. The molecule has 0 saturated heterocycles. The van der Waals surface area contributed by atoms with Crippen molar-refractivity contribution >= 4 is 49.3 Å². The van der Waals surface area contributed by atoms with Crippen molar-refractivity contribution in [3.05, 3.63) is 50.6 Å². The highest BCUT2D eigenvalue weighted by Gasteiger charge is 2.16. The molecule has 1 N–H and O–H groups in total. The number of carbonyl (C=O) groups excluding carboxylic acids is 2. The van der Waals surface area contributed by atoms with Gasteiger partial charge in [0.2, 0.25) is 0 Å². The van der Waals surface area contributed by atoms with Crippen LogP contribution in [0, 0.1) is 10.1 Å². The number of anilines is 1. The number of halogens is 1. The minimum absolute atomic E-state index is 0.0636. The van der Waals surface area contributed by atoms with Crippen LogP contribution in [-0.2, 0) is 9.53 Å². The van der Waals surface area contributed by atoms with Gasteiger partial charge in [0.15, 0.2) is 11.7 Å². The van der Waals surface area contributed by atoms with Crippen molar-refractivity contribution in [1.82, 2.24) is 4.98 Å². The first-order valence-electron chi connectivity index (χ1n) is 5.79. The molecule has 2 aromatic rings. The first-order chi connectivity index (χ1) is 10.5. The lowest BCUT2D eigenvalue weighted by Gasteiger charge is -2.05.